The van der Waals surface area contributed by atoms with Crippen LogP contribution in [0.4, 0.5) is 0 Å². The van der Waals surface area contributed by atoms with Gasteiger partial charge in [0, 0.05) is 6.04 Å². The highest BCUT2D eigenvalue weighted by Crippen LogP contribution is 2.31. The molecule has 1 saturated carbocycles. The summed E-state index contributed by atoms with van der Waals surface area (Å²) in [6, 6.07) is 0.619. The van der Waals surface area contributed by atoms with Gasteiger partial charge in [0.25, 0.3) is 0 Å². The number of nitrogens with one attached hydrogen (secondary N) is 1. The fraction of sp³-hybridized carbons (Fsp3) is 0.385. The second-order valence-corrected chi connectivity index (χ2v) is 7.02. The predicted molar refractivity (Wildman–Crippen MR) is 123 cm³/mol. The van der Waals surface area contributed by atoms with Gasteiger partial charge in [0.2, 0.25) is 0 Å². The Kier molecular flexibility index (Phi) is 11.1. The molecule has 0 bridgehead atoms. The molecule has 0 saturated heterocycles. The van der Waals surface area contributed by atoms with Crippen molar-refractivity contribution in [2.75, 3.05) is 0 Å². The molecule has 0 spiro atoms. The molecule has 0 radical (unpaired) electrons. The Bertz CT molecular complexity index is 631. The Morgan fingerprint density at radius 2 is 1.59 bits per heavy atom. The SMILES string of the molecule is C=CC=C(C=CC)C(NC1CCC(C(C=C)=CC=CC)CC1)C(=C)C=CC. The lowest BCUT2D eigenvalue weighted by atomic mass is 9.80. The van der Waals surface area contributed by atoms with E-state index in [1.54, 1.807) is 0 Å². The summed E-state index contributed by atoms with van der Waals surface area (Å²) in [4.78, 5) is 0. The molecule has 1 aliphatic rings. The number of rotatable bonds is 10. The lowest BCUT2D eigenvalue weighted by molar-refractivity contribution is 0.316. The lowest BCUT2D eigenvalue weighted by Gasteiger charge is -2.33. The van der Waals surface area contributed by atoms with Crippen molar-refractivity contribution in [2.24, 2.45) is 5.92 Å². The quantitative estimate of drug-likeness (QED) is 0.411. The van der Waals surface area contributed by atoms with Crippen LogP contribution in [0, 0.1) is 5.92 Å². The molecule has 0 heterocycles. The third-order valence-electron chi connectivity index (χ3n) is 5.07. The van der Waals surface area contributed by atoms with E-state index >= 15 is 0 Å². The molecule has 146 valence electrons. The van der Waals surface area contributed by atoms with Crippen molar-refractivity contribution in [1.82, 2.24) is 5.32 Å². The minimum atomic E-state index is 0.120. The second kappa shape index (κ2) is 13.1. The van der Waals surface area contributed by atoms with Gasteiger partial charge in [0.1, 0.15) is 0 Å². The van der Waals surface area contributed by atoms with Gasteiger partial charge in [-0.3, -0.25) is 0 Å². The predicted octanol–water partition coefficient (Wildman–Crippen LogP) is 7.01. The van der Waals surface area contributed by atoms with Gasteiger partial charge in [-0.25, -0.2) is 0 Å². The molecule has 1 atom stereocenters. The summed E-state index contributed by atoms with van der Waals surface area (Å²) >= 11 is 0. The van der Waals surface area contributed by atoms with Gasteiger partial charge in [-0.15, -0.1) is 0 Å². The van der Waals surface area contributed by atoms with Gasteiger partial charge in [0.15, 0.2) is 0 Å². The topological polar surface area (TPSA) is 12.0 Å². The third-order valence-corrected chi connectivity index (χ3v) is 5.07. The van der Waals surface area contributed by atoms with Crippen LogP contribution in [0.25, 0.3) is 0 Å². The highest BCUT2D eigenvalue weighted by molar-refractivity contribution is 5.39. The maximum absolute atomic E-state index is 4.30. The zero-order chi connectivity index (χ0) is 20.1. The maximum atomic E-state index is 4.30. The summed E-state index contributed by atoms with van der Waals surface area (Å²) in [5.41, 5.74) is 3.66. The van der Waals surface area contributed by atoms with Gasteiger partial charge >= 0.3 is 0 Å². The van der Waals surface area contributed by atoms with Crippen molar-refractivity contribution in [3.05, 3.63) is 97.2 Å². The molecule has 27 heavy (non-hydrogen) atoms. The maximum Gasteiger partial charge on any atom is 0.0572 e. The summed E-state index contributed by atoms with van der Waals surface area (Å²) in [7, 11) is 0. The number of hydrogen-bond donors (Lipinski definition) is 1. The molecule has 0 aliphatic heterocycles. The summed E-state index contributed by atoms with van der Waals surface area (Å²) in [5, 5.41) is 3.85. The summed E-state index contributed by atoms with van der Waals surface area (Å²) in [6.45, 7) is 18.3. The van der Waals surface area contributed by atoms with Crippen LogP contribution in [0.3, 0.4) is 0 Å². The van der Waals surface area contributed by atoms with Crippen LogP contribution >= 0.6 is 0 Å². The largest absolute Gasteiger partial charge is 0.303 e. The van der Waals surface area contributed by atoms with Gasteiger partial charge in [-0.1, -0.05) is 80.5 Å². The lowest BCUT2D eigenvalue weighted by Crippen LogP contribution is -2.42. The van der Waals surface area contributed by atoms with E-state index in [0.717, 1.165) is 5.57 Å². The Morgan fingerprint density at radius 3 is 2.11 bits per heavy atom. The summed E-state index contributed by atoms with van der Waals surface area (Å²) < 4.78 is 0. The molecule has 0 aromatic rings. The first kappa shape index (κ1) is 22.9. The Balaban J connectivity index is 2.87. The number of hydrogen-bond acceptors (Lipinski definition) is 1. The fourth-order valence-electron chi connectivity index (χ4n) is 3.71. The monoisotopic (exact) mass is 363 g/mol. The molecule has 0 aromatic heterocycles. The summed E-state index contributed by atoms with van der Waals surface area (Å²) in [6.07, 6.45) is 25.4. The van der Waals surface area contributed by atoms with E-state index in [0.29, 0.717) is 12.0 Å². The van der Waals surface area contributed by atoms with Crippen molar-refractivity contribution >= 4 is 0 Å². The van der Waals surface area contributed by atoms with Crippen LogP contribution in [0.1, 0.15) is 46.5 Å². The molecule has 1 nitrogen and oxygen atoms in total. The highest BCUT2D eigenvalue weighted by Gasteiger charge is 2.25. The average molecular weight is 364 g/mol. The van der Waals surface area contributed by atoms with Crippen molar-refractivity contribution in [1.29, 1.82) is 0 Å². The van der Waals surface area contributed by atoms with E-state index in [2.05, 4.69) is 80.6 Å². The van der Waals surface area contributed by atoms with E-state index in [4.69, 9.17) is 0 Å². The normalized spacial score (nSPS) is 23.2. The fourth-order valence-corrected chi connectivity index (χ4v) is 3.71. The van der Waals surface area contributed by atoms with Crippen molar-refractivity contribution < 1.29 is 0 Å². The van der Waals surface area contributed by atoms with E-state index in [1.165, 1.54) is 36.8 Å². The van der Waals surface area contributed by atoms with Crippen LogP contribution in [0.15, 0.2) is 97.2 Å². The van der Waals surface area contributed by atoms with Crippen molar-refractivity contribution in [3.8, 4) is 0 Å². The Hall–Kier alpha value is -2.12. The first-order valence-corrected chi connectivity index (χ1v) is 10.1. The first-order chi connectivity index (χ1) is 13.1. The van der Waals surface area contributed by atoms with Crippen LogP contribution < -0.4 is 5.32 Å². The van der Waals surface area contributed by atoms with Crippen LogP contribution in [0.5, 0.6) is 0 Å². The van der Waals surface area contributed by atoms with E-state index in [1.807, 2.05) is 26.0 Å². The van der Waals surface area contributed by atoms with Crippen LogP contribution in [-0.2, 0) is 0 Å². The van der Waals surface area contributed by atoms with E-state index in [9.17, 15) is 0 Å². The van der Waals surface area contributed by atoms with Gasteiger partial charge < -0.3 is 5.32 Å². The smallest absolute Gasteiger partial charge is 0.0572 e. The molecule has 1 fully saturated rings. The minimum absolute atomic E-state index is 0.120. The van der Waals surface area contributed by atoms with Crippen LogP contribution in [-0.4, -0.2) is 12.1 Å². The van der Waals surface area contributed by atoms with E-state index < -0.39 is 0 Å². The standard InChI is InChI=1S/C26H37N/c1-7-12-16-22(11-5)23-17-19-25(20-18-23)27-26(21(6)13-8-2)24(14-9-3)15-10-4/h7-16,23,25-27H,3,5-6,17-20H2,1-2,4H3. The minimum Gasteiger partial charge on any atom is -0.303 e. The molecule has 1 aliphatic carbocycles. The third kappa shape index (κ3) is 7.56. The van der Waals surface area contributed by atoms with Crippen molar-refractivity contribution in [2.45, 2.75) is 58.5 Å². The molecule has 1 rings (SSSR count). The van der Waals surface area contributed by atoms with E-state index in [-0.39, 0.29) is 6.04 Å². The highest BCUT2D eigenvalue weighted by atomic mass is 15.0. The van der Waals surface area contributed by atoms with Gasteiger partial charge in [0.05, 0.1) is 6.04 Å². The Morgan fingerprint density at radius 1 is 0.926 bits per heavy atom. The zero-order valence-corrected chi connectivity index (χ0v) is 17.5. The molecular formula is C26H37N. The van der Waals surface area contributed by atoms with Crippen molar-refractivity contribution in [3.63, 3.8) is 0 Å². The second-order valence-electron chi connectivity index (χ2n) is 7.02. The molecular weight excluding hydrogens is 326 g/mol. The Labute approximate surface area is 167 Å². The molecule has 0 aromatic carbocycles. The molecule has 0 amide bonds. The number of allylic oxidation sites excluding steroid dienone is 9. The first-order valence-electron chi connectivity index (χ1n) is 10.1. The molecule has 1 heteroatoms. The van der Waals surface area contributed by atoms with Gasteiger partial charge in [-0.05, 0) is 69.1 Å². The summed E-state index contributed by atoms with van der Waals surface area (Å²) in [5.74, 6) is 0.618. The molecule has 1 unspecified atom stereocenters. The zero-order valence-electron chi connectivity index (χ0n) is 17.5. The molecule has 1 N–H and O–H groups in total. The van der Waals surface area contributed by atoms with Gasteiger partial charge in [-0.2, -0.15) is 0 Å². The average Bonchev–Trinajstić information content (AvgIpc) is 2.67. The van der Waals surface area contributed by atoms with Crippen LogP contribution in [0.2, 0.25) is 0 Å².